The Labute approximate surface area is 183 Å². The fourth-order valence-electron chi connectivity index (χ4n) is 5.38. The average molecular weight is 419 g/mol. The topological polar surface area (TPSA) is 63.4 Å². The highest BCUT2D eigenvalue weighted by Crippen LogP contribution is 2.48. The Bertz CT molecular complexity index is 988. The molecule has 1 aliphatic carbocycles. The number of nitrogens with zero attached hydrogens (tertiary/aromatic N) is 4. The minimum absolute atomic E-state index is 0.224. The molecule has 2 aliphatic rings. The van der Waals surface area contributed by atoms with Gasteiger partial charge in [-0.15, -0.1) is 0 Å². The second kappa shape index (κ2) is 8.44. The van der Waals surface area contributed by atoms with E-state index in [0.717, 1.165) is 49.7 Å². The van der Waals surface area contributed by atoms with Crippen molar-refractivity contribution in [1.82, 2.24) is 19.4 Å². The Kier molecular flexibility index (Phi) is 5.50. The number of piperidine rings is 1. The summed E-state index contributed by atoms with van der Waals surface area (Å²) < 4.78 is 7.85. The summed E-state index contributed by atoms with van der Waals surface area (Å²) in [6, 6.07) is 14.2. The highest BCUT2D eigenvalue weighted by Gasteiger charge is 2.53. The number of aliphatic hydroxyl groups is 1. The summed E-state index contributed by atoms with van der Waals surface area (Å²) in [6.07, 6.45) is 8.82. The molecule has 2 atom stereocenters. The molecule has 0 amide bonds. The lowest BCUT2D eigenvalue weighted by molar-refractivity contribution is -0.155. The van der Waals surface area contributed by atoms with Crippen LogP contribution in [-0.2, 0) is 25.8 Å². The molecule has 2 bridgehead atoms. The lowest BCUT2D eigenvalue weighted by Crippen LogP contribution is -2.58. The van der Waals surface area contributed by atoms with E-state index in [0.29, 0.717) is 6.61 Å². The van der Waals surface area contributed by atoms with E-state index < -0.39 is 5.60 Å². The number of hydrogen-bond donors (Lipinski definition) is 1. The van der Waals surface area contributed by atoms with E-state index in [1.54, 1.807) is 12.4 Å². The Balaban J connectivity index is 1.23. The first-order chi connectivity index (χ1) is 15.1. The van der Waals surface area contributed by atoms with E-state index in [2.05, 4.69) is 27.0 Å². The summed E-state index contributed by atoms with van der Waals surface area (Å²) >= 11 is 0. The largest absolute Gasteiger partial charge is 0.487 e. The van der Waals surface area contributed by atoms with E-state index in [1.165, 1.54) is 12.0 Å². The SMILES string of the molecule is Cn1ccnc1C1(O)[C@@H]2CCC[C@@H]1CN(Cc1ccc(OCc3ccccn3)cc1)C2. The molecule has 0 radical (unpaired) electrons. The third-order valence-corrected chi connectivity index (χ3v) is 6.93. The van der Waals surface area contributed by atoms with Gasteiger partial charge in [0.05, 0.1) is 5.69 Å². The zero-order valence-electron chi connectivity index (χ0n) is 18.0. The molecular formula is C25H30N4O2. The molecule has 1 aromatic carbocycles. The van der Waals surface area contributed by atoms with Gasteiger partial charge >= 0.3 is 0 Å². The van der Waals surface area contributed by atoms with Gasteiger partial charge in [-0.25, -0.2) is 4.98 Å². The van der Waals surface area contributed by atoms with Crippen molar-refractivity contribution < 1.29 is 9.84 Å². The van der Waals surface area contributed by atoms with E-state index in [-0.39, 0.29) is 11.8 Å². The fourth-order valence-corrected chi connectivity index (χ4v) is 5.38. The Morgan fingerprint density at radius 3 is 2.45 bits per heavy atom. The number of imidazole rings is 1. The van der Waals surface area contributed by atoms with Gasteiger partial charge in [0, 0.05) is 57.1 Å². The number of hydrogen-bond acceptors (Lipinski definition) is 5. The van der Waals surface area contributed by atoms with Gasteiger partial charge in [-0.3, -0.25) is 9.88 Å². The Hall–Kier alpha value is -2.70. The molecule has 0 spiro atoms. The van der Waals surface area contributed by atoms with Crippen molar-refractivity contribution >= 4 is 0 Å². The van der Waals surface area contributed by atoms with Gasteiger partial charge in [0.15, 0.2) is 0 Å². The van der Waals surface area contributed by atoms with Crippen LogP contribution in [-0.4, -0.2) is 37.6 Å². The molecule has 3 aromatic rings. The minimum Gasteiger partial charge on any atom is -0.487 e. The maximum atomic E-state index is 11.7. The molecule has 6 nitrogen and oxygen atoms in total. The van der Waals surface area contributed by atoms with Crippen LogP contribution in [0.3, 0.4) is 0 Å². The number of aromatic nitrogens is 3. The molecule has 1 saturated carbocycles. The van der Waals surface area contributed by atoms with Gasteiger partial charge < -0.3 is 14.4 Å². The lowest BCUT2D eigenvalue weighted by Gasteiger charge is -2.52. The Morgan fingerprint density at radius 1 is 1.03 bits per heavy atom. The van der Waals surface area contributed by atoms with Crippen LogP contribution in [0.4, 0.5) is 0 Å². The van der Waals surface area contributed by atoms with Crippen LogP contribution in [0.2, 0.25) is 0 Å². The van der Waals surface area contributed by atoms with E-state index >= 15 is 0 Å². The second-order valence-electron chi connectivity index (χ2n) is 8.96. The van der Waals surface area contributed by atoms with Gasteiger partial charge in [0.1, 0.15) is 23.8 Å². The predicted molar refractivity (Wildman–Crippen MR) is 118 cm³/mol. The number of likely N-dealkylation sites (tertiary alicyclic amines) is 1. The number of ether oxygens (including phenoxy) is 1. The maximum absolute atomic E-state index is 11.7. The van der Waals surface area contributed by atoms with Crippen LogP contribution < -0.4 is 4.74 Å². The zero-order chi connectivity index (χ0) is 21.3. The number of benzene rings is 1. The third kappa shape index (κ3) is 3.98. The van der Waals surface area contributed by atoms with Crippen molar-refractivity contribution in [3.63, 3.8) is 0 Å². The van der Waals surface area contributed by atoms with Crippen molar-refractivity contribution in [3.05, 3.63) is 78.1 Å². The maximum Gasteiger partial charge on any atom is 0.141 e. The summed E-state index contributed by atoms with van der Waals surface area (Å²) in [5.41, 5.74) is 1.38. The molecule has 2 aromatic heterocycles. The van der Waals surface area contributed by atoms with Crippen LogP contribution in [0.5, 0.6) is 5.75 Å². The summed E-state index contributed by atoms with van der Waals surface area (Å²) in [7, 11) is 1.99. The van der Waals surface area contributed by atoms with Crippen LogP contribution in [0.25, 0.3) is 0 Å². The predicted octanol–water partition coefficient (Wildman–Crippen LogP) is 3.51. The summed E-state index contributed by atoms with van der Waals surface area (Å²) in [6.45, 7) is 3.17. The van der Waals surface area contributed by atoms with Gasteiger partial charge in [-0.1, -0.05) is 24.6 Å². The van der Waals surface area contributed by atoms with Crippen LogP contribution in [0, 0.1) is 11.8 Å². The van der Waals surface area contributed by atoms with Crippen LogP contribution >= 0.6 is 0 Å². The standard InChI is InChI=1S/C25H30N4O2/c1-28-14-13-27-24(28)25(30)20-5-4-6-21(25)17-29(16-20)15-19-8-10-23(11-9-19)31-18-22-7-2-3-12-26-22/h2-3,7-14,20-21,30H,4-6,15-18H2,1H3/t20-,21-/m1/s1. The normalized spacial score (nSPS) is 26.0. The first-order valence-electron chi connectivity index (χ1n) is 11.2. The number of fused-ring (bicyclic) bond motifs is 2. The number of rotatable bonds is 6. The van der Waals surface area contributed by atoms with E-state index in [4.69, 9.17) is 4.74 Å². The van der Waals surface area contributed by atoms with Crippen LogP contribution in [0.15, 0.2) is 61.1 Å². The minimum atomic E-state index is -0.809. The smallest absolute Gasteiger partial charge is 0.141 e. The summed E-state index contributed by atoms with van der Waals surface area (Å²) in [5.74, 6) is 2.13. The molecule has 5 rings (SSSR count). The summed E-state index contributed by atoms with van der Waals surface area (Å²) in [5, 5.41) is 11.7. The van der Waals surface area contributed by atoms with Crippen LogP contribution in [0.1, 0.15) is 36.3 Å². The van der Waals surface area contributed by atoms with E-state index in [9.17, 15) is 5.11 Å². The second-order valence-corrected chi connectivity index (χ2v) is 8.96. The van der Waals surface area contributed by atoms with Crippen molar-refractivity contribution in [2.45, 2.75) is 38.0 Å². The summed E-state index contributed by atoms with van der Waals surface area (Å²) in [4.78, 5) is 11.3. The van der Waals surface area contributed by atoms with Crippen molar-refractivity contribution in [2.75, 3.05) is 13.1 Å². The highest BCUT2D eigenvalue weighted by atomic mass is 16.5. The molecule has 31 heavy (non-hydrogen) atoms. The molecule has 3 heterocycles. The molecule has 0 unspecified atom stereocenters. The van der Waals surface area contributed by atoms with Crippen molar-refractivity contribution in [1.29, 1.82) is 0 Å². The Morgan fingerprint density at radius 2 is 1.81 bits per heavy atom. The quantitative estimate of drug-likeness (QED) is 0.664. The molecule has 162 valence electrons. The fraction of sp³-hybridized carbons (Fsp3) is 0.440. The highest BCUT2D eigenvalue weighted by molar-refractivity contribution is 5.27. The van der Waals surface area contributed by atoms with Crippen molar-refractivity contribution in [2.24, 2.45) is 18.9 Å². The molecular weight excluding hydrogens is 388 g/mol. The molecule has 1 saturated heterocycles. The van der Waals surface area contributed by atoms with Gasteiger partial charge in [-0.05, 0) is 42.7 Å². The first-order valence-corrected chi connectivity index (χ1v) is 11.2. The third-order valence-electron chi connectivity index (χ3n) is 6.93. The van der Waals surface area contributed by atoms with Gasteiger partial charge in [0.2, 0.25) is 0 Å². The molecule has 6 heteroatoms. The molecule has 1 N–H and O–H groups in total. The van der Waals surface area contributed by atoms with Gasteiger partial charge in [-0.2, -0.15) is 0 Å². The number of pyridine rings is 1. The molecule has 1 aliphatic heterocycles. The zero-order valence-corrected chi connectivity index (χ0v) is 18.0. The number of aryl methyl sites for hydroxylation is 1. The van der Waals surface area contributed by atoms with Gasteiger partial charge in [0.25, 0.3) is 0 Å². The lowest BCUT2D eigenvalue weighted by atomic mass is 9.65. The first kappa shape index (κ1) is 20.2. The molecule has 2 fully saturated rings. The monoisotopic (exact) mass is 418 g/mol. The van der Waals surface area contributed by atoms with E-state index in [1.807, 2.05) is 48.1 Å². The van der Waals surface area contributed by atoms with Crippen molar-refractivity contribution in [3.8, 4) is 5.75 Å². The average Bonchev–Trinajstić information content (AvgIpc) is 3.21.